The van der Waals surface area contributed by atoms with Crippen LogP contribution in [0.25, 0.3) is 0 Å². The molecule has 29 heavy (non-hydrogen) atoms. The molecule has 3 rings (SSSR count). The number of nitrogens with two attached hydrogens (primary N) is 2. The number of aromatic nitrogens is 1. The molecule has 2 aromatic rings. The number of nitrogens with zero attached hydrogens (tertiary/aromatic N) is 5. The lowest BCUT2D eigenvalue weighted by Gasteiger charge is -2.26. The van der Waals surface area contributed by atoms with Crippen LogP contribution in [-0.2, 0) is 0 Å². The van der Waals surface area contributed by atoms with Gasteiger partial charge in [0.2, 0.25) is 5.96 Å². The summed E-state index contributed by atoms with van der Waals surface area (Å²) in [6.07, 6.45) is 1.68. The van der Waals surface area contributed by atoms with Gasteiger partial charge in [-0.05, 0) is 0 Å². The highest BCUT2D eigenvalue weighted by Crippen LogP contribution is 2.46. The number of non-ortho nitro benzene ring substituents is 1. The number of methoxy groups -OCH3 is 1. The number of fused-ring (bicyclic) bond motifs is 1. The zero-order valence-electron chi connectivity index (χ0n) is 14.8. The van der Waals surface area contributed by atoms with Gasteiger partial charge in [0.15, 0.2) is 17.7 Å². The van der Waals surface area contributed by atoms with Gasteiger partial charge in [0.25, 0.3) is 5.69 Å². The van der Waals surface area contributed by atoms with Crippen LogP contribution in [0.5, 0.6) is 11.5 Å². The van der Waals surface area contributed by atoms with Gasteiger partial charge in [-0.1, -0.05) is 0 Å². The van der Waals surface area contributed by atoms with Crippen molar-refractivity contribution in [3.8, 4) is 23.8 Å². The second-order valence-electron chi connectivity index (χ2n) is 5.74. The van der Waals surface area contributed by atoms with E-state index in [2.05, 4.69) is 20.6 Å². The third kappa shape index (κ3) is 3.08. The van der Waals surface area contributed by atoms with Gasteiger partial charge in [0.05, 0.1) is 23.8 Å². The van der Waals surface area contributed by atoms with E-state index in [1.807, 2.05) is 6.07 Å². The second kappa shape index (κ2) is 7.09. The van der Waals surface area contributed by atoms with E-state index in [4.69, 9.17) is 21.5 Å². The minimum Gasteiger partial charge on any atom is -0.504 e. The van der Waals surface area contributed by atoms with Crippen LogP contribution in [-0.4, -0.2) is 28.1 Å². The molecule has 0 spiro atoms. The number of nitro groups is 1. The van der Waals surface area contributed by atoms with Crippen LogP contribution in [0.2, 0.25) is 0 Å². The Morgan fingerprint density at radius 3 is 2.72 bits per heavy atom. The average Bonchev–Trinajstić information content (AvgIpc) is 2.67. The molecule has 0 saturated heterocycles. The number of phenolic OH excluding ortho intramolecular Hbond substituents is 1. The molecule has 0 fully saturated rings. The van der Waals surface area contributed by atoms with Gasteiger partial charge in [0.1, 0.15) is 29.3 Å². The quantitative estimate of drug-likeness (QED) is 0.210. The number of hydrogen-bond donors (Lipinski definition) is 5. The highest BCUT2D eigenvalue weighted by atomic mass is 16.6. The predicted molar refractivity (Wildman–Crippen MR) is 101 cm³/mol. The first-order chi connectivity index (χ1) is 13.8. The molecular weight excluding hydrogens is 382 g/mol. The number of guanidine groups is 1. The highest BCUT2D eigenvalue weighted by Gasteiger charge is 2.33. The maximum absolute atomic E-state index is 11.3. The first-order valence-electron chi connectivity index (χ1n) is 7.86. The number of aromatic hydroxyl groups is 1. The summed E-state index contributed by atoms with van der Waals surface area (Å²) in [6, 6.07) is 2.82. The molecule has 13 heteroatoms. The first-order valence-corrected chi connectivity index (χ1v) is 7.86. The first kappa shape index (κ1) is 19.0. The fraction of sp³-hybridized carbons (Fsp3) is 0.125. The molecule has 0 bridgehead atoms. The summed E-state index contributed by atoms with van der Waals surface area (Å²) in [4.78, 5) is 19.0. The molecule has 2 heterocycles. The lowest BCUT2D eigenvalue weighted by molar-refractivity contribution is -0.385. The maximum atomic E-state index is 11.3. The minimum absolute atomic E-state index is 0.0433. The van der Waals surface area contributed by atoms with Crippen molar-refractivity contribution in [2.45, 2.75) is 6.04 Å². The Morgan fingerprint density at radius 2 is 2.14 bits per heavy atom. The van der Waals surface area contributed by atoms with Crippen molar-refractivity contribution in [1.82, 2.24) is 10.3 Å². The predicted octanol–water partition coefficient (Wildman–Crippen LogP) is 0.682. The van der Waals surface area contributed by atoms with Crippen molar-refractivity contribution < 1.29 is 14.8 Å². The van der Waals surface area contributed by atoms with Gasteiger partial charge in [0, 0.05) is 17.2 Å². The standard InChI is InChI=1S/C16H13N9O4/c1-29-9-3-6(25(27)28)2-7(13(9)26)12-10-11(19)8(4-17)14(20)23-15(10)24-16(22-12)21-5-18/h2-3,12,26H,1H3,(H6,19,20,21,22,23,24). The lowest BCUT2D eigenvalue weighted by Crippen LogP contribution is -2.32. The van der Waals surface area contributed by atoms with Crippen molar-refractivity contribution >= 4 is 29.0 Å². The van der Waals surface area contributed by atoms with Crippen LogP contribution in [0.15, 0.2) is 17.1 Å². The summed E-state index contributed by atoms with van der Waals surface area (Å²) in [6.45, 7) is 0. The smallest absolute Gasteiger partial charge is 0.273 e. The molecule has 0 amide bonds. The Hall–Kier alpha value is -4.78. The molecule has 1 unspecified atom stereocenters. The van der Waals surface area contributed by atoms with E-state index in [0.717, 1.165) is 12.1 Å². The number of ether oxygens (including phenoxy) is 1. The molecule has 0 radical (unpaired) electrons. The summed E-state index contributed by atoms with van der Waals surface area (Å²) in [5.41, 5.74) is 11.4. The van der Waals surface area contributed by atoms with Crippen LogP contribution in [0.1, 0.15) is 22.7 Å². The second-order valence-corrected chi connectivity index (χ2v) is 5.74. The van der Waals surface area contributed by atoms with Gasteiger partial charge in [-0.2, -0.15) is 10.5 Å². The highest BCUT2D eigenvalue weighted by molar-refractivity contribution is 5.98. The average molecular weight is 395 g/mol. The summed E-state index contributed by atoms with van der Waals surface area (Å²) in [5, 5.41) is 45.1. The fourth-order valence-corrected chi connectivity index (χ4v) is 2.89. The van der Waals surface area contributed by atoms with Crippen molar-refractivity contribution in [3.05, 3.63) is 38.9 Å². The van der Waals surface area contributed by atoms with E-state index in [0.29, 0.717) is 0 Å². The molecule has 1 atom stereocenters. The number of nitrogen functional groups attached to an aromatic ring is 2. The summed E-state index contributed by atoms with van der Waals surface area (Å²) >= 11 is 0. The van der Waals surface area contributed by atoms with Crippen LogP contribution < -0.4 is 26.8 Å². The zero-order valence-corrected chi connectivity index (χ0v) is 14.8. The van der Waals surface area contributed by atoms with Gasteiger partial charge < -0.3 is 26.6 Å². The Labute approximate surface area is 163 Å². The number of aliphatic imine (C=N–C) groups is 1. The van der Waals surface area contributed by atoms with Crippen LogP contribution in [0, 0.1) is 32.9 Å². The monoisotopic (exact) mass is 395 g/mol. The fourth-order valence-electron chi connectivity index (χ4n) is 2.89. The molecule has 1 aliphatic heterocycles. The molecule has 0 saturated carbocycles. The lowest BCUT2D eigenvalue weighted by atomic mass is 9.94. The number of rotatable bonds is 3. The summed E-state index contributed by atoms with van der Waals surface area (Å²) in [5.74, 6) is -0.742. The normalized spacial score (nSPS) is 14.4. The number of anilines is 3. The zero-order chi connectivity index (χ0) is 21.3. The van der Waals surface area contributed by atoms with E-state index in [-0.39, 0.29) is 51.4 Å². The summed E-state index contributed by atoms with van der Waals surface area (Å²) in [7, 11) is 1.23. The number of nitro benzene ring substituents is 1. The molecule has 0 aliphatic carbocycles. The minimum atomic E-state index is -1.16. The molecule has 13 nitrogen and oxygen atoms in total. The number of phenols is 1. The van der Waals surface area contributed by atoms with E-state index in [1.54, 1.807) is 6.19 Å². The van der Waals surface area contributed by atoms with E-state index in [1.165, 1.54) is 7.11 Å². The van der Waals surface area contributed by atoms with Crippen molar-refractivity contribution in [2.75, 3.05) is 23.9 Å². The van der Waals surface area contributed by atoms with Crippen LogP contribution >= 0.6 is 0 Å². The largest absolute Gasteiger partial charge is 0.504 e. The Bertz CT molecular complexity index is 1150. The number of nitriles is 2. The Balaban J connectivity index is 2.35. The Kier molecular flexibility index (Phi) is 4.64. The molecular formula is C16H13N9O4. The molecule has 7 N–H and O–H groups in total. The van der Waals surface area contributed by atoms with E-state index in [9.17, 15) is 20.5 Å². The number of benzene rings is 1. The molecule has 1 aromatic carbocycles. The number of pyridine rings is 1. The Morgan fingerprint density at radius 1 is 1.41 bits per heavy atom. The van der Waals surface area contributed by atoms with Crippen LogP contribution in [0.4, 0.5) is 23.0 Å². The molecule has 1 aliphatic rings. The third-order valence-electron chi connectivity index (χ3n) is 4.17. The number of nitrogens with one attached hydrogen (secondary N) is 2. The topological polar surface area (TPSA) is 222 Å². The third-order valence-corrected chi connectivity index (χ3v) is 4.17. The number of hydrogen-bond acceptors (Lipinski definition) is 12. The van der Waals surface area contributed by atoms with E-state index >= 15 is 0 Å². The molecule has 1 aromatic heterocycles. The van der Waals surface area contributed by atoms with Crippen LogP contribution in [0.3, 0.4) is 0 Å². The molecule has 146 valence electrons. The van der Waals surface area contributed by atoms with E-state index < -0.39 is 16.7 Å². The maximum Gasteiger partial charge on any atom is 0.273 e. The van der Waals surface area contributed by atoms with Gasteiger partial charge in [-0.25, -0.2) is 9.98 Å². The van der Waals surface area contributed by atoms with Gasteiger partial charge in [-0.3, -0.25) is 15.4 Å². The van der Waals surface area contributed by atoms with Crippen molar-refractivity contribution in [2.24, 2.45) is 4.99 Å². The van der Waals surface area contributed by atoms with Gasteiger partial charge >= 0.3 is 0 Å². The van der Waals surface area contributed by atoms with Crippen molar-refractivity contribution in [1.29, 1.82) is 10.5 Å². The van der Waals surface area contributed by atoms with Gasteiger partial charge in [-0.15, -0.1) is 0 Å². The SMILES string of the molecule is COc1cc([N+](=O)[O-])cc(C2N=C(NC#N)Nc3nc(N)c(C#N)c(N)c32)c1O. The van der Waals surface area contributed by atoms with Crippen molar-refractivity contribution in [3.63, 3.8) is 0 Å². The summed E-state index contributed by atoms with van der Waals surface area (Å²) < 4.78 is 5.02.